The number of rotatable bonds is 2. The minimum Gasteiger partial charge on any atom is -0.447 e. The molecule has 1 heterocycles. The van der Waals surface area contributed by atoms with Crippen molar-refractivity contribution in [2.24, 2.45) is 0 Å². The van der Waals surface area contributed by atoms with Crippen LogP contribution in [-0.2, 0) is 4.74 Å². The van der Waals surface area contributed by atoms with Gasteiger partial charge in [-0.25, -0.2) is 4.79 Å². The summed E-state index contributed by atoms with van der Waals surface area (Å²) >= 11 is 0. The molecule has 22 heavy (non-hydrogen) atoms. The van der Waals surface area contributed by atoms with Gasteiger partial charge in [0.1, 0.15) is 0 Å². The van der Waals surface area contributed by atoms with Crippen LogP contribution in [0.25, 0.3) is 11.1 Å². The molecule has 0 fully saturated rings. The van der Waals surface area contributed by atoms with Gasteiger partial charge in [-0.05, 0) is 18.1 Å². The van der Waals surface area contributed by atoms with Crippen molar-refractivity contribution in [3.63, 3.8) is 0 Å². The Balaban J connectivity index is 1.74. The van der Waals surface area contributed by atoms with Gasteiger partial charge in [0.15, 0.2) is 6.10 Å². The predicted octanol–water partition coefficient (Wildman–Crippen LogP) is 3.91. The summed E-state index contributed by atoms with van der Waals surface area (Å²) in [5.74, 6) is -0.378. The minimum absolute atomic E-state index is 0.124. The third-order valence-corrected chi connectivity index (χ3v) is 3.83. The molecule has 0 N–H and O–H groups in total. The normalized spacial score (nSPS) is 12.8. The first-order valence-electron chi connectivity index (χ1n) is 7.06. The zero-order valence-corrected chi connectivity index (χ0v) is 11.9. The molecule has 1 aliphatic carbocycles. The van der Waals surface area contributed by atoms with Crippen molar-refractivity contribution >= 4 is 5.97 Å². The van der Waals surface area contributed by atoms with E-state index in [4.69, 9.17) is 9.26 Å². The second-order valence-corrected chi connectivity index (χ2v) is 5.29. The predicted molar refractivity (Wildman–Crippen MR) is 80.4 cm³/mol. The highest BCUT2D eigenvalue weighted by Crippen LogP contribution is 2.45. The summed E-state index contributed by atoms with van der Waals surface area (Å²) in [5, 5.41) is 3.73. The number of carbonyl (C=O) groups excluding carboxylic acids is 1. The number of benzene rings is 2. The number of carbonyl (C=O) groups is 1. The lowest BCUT2D eigenvalue weighted by Gasteiger charge is -2.13. The van der Waals surface area contributed by atoms with Crippen LogP contribution in [0.15, 0.2) is 59.1 Å². The van der Waals surface area contributed by atoms with Crippen LogP contribution in [0.4, 0.5) is 0 Å². The van der Waals surface area contributed by atoms with Gasteiger partial charge in [-0.3, -0.25) is 0 Å². The van der Waals surface area contributed by atoms with Crippen molar-refractivity contribution in [3.05, 3.63) is 77.2 Å². The number of aromatic nitrogens is 1. The number of fused-ring (bicyclic) bond motifs is 3. The molecule has 1 aliphatic rings. The molecule has 4 nitrogen and oxygen atoms in total. The molecule has 0 amide bonds. The third-order valence-electron chi connectivity index (χ3n) is 3.83. The Morgan fingerprint density at radius 1 is 1.05 bits per heavy atom. The van der Waals surface area contributed by atoms with Crippen molar-refractivity contribution < 1.29 is 14.1 Å². The summed E-state index contributed by atoms with van der Waals surface area (Å²) in [6.07, 6.45) is -0.412. The highest BCUT2D eigenvalue weighted by atomic mass is 16.6. The first-order valence-corrected chi connectivity index (χ1v) is 7.06. The Bertz CT molecular complexity index is 821. The molecular formula is C18H13NO3. The van der Waals surface area contributed by atoms with Crippen LogP contribution in [0.2, 0.25) is 0 Å². The highest BCUT2D eigenvalue weighted by Gasteiger charge is 2.32. The Morgan fingerprint density at radius 3 is 2.18 bits per heavy atom. The maximum atomic E-state index is 12.3. The van der Waals surface area contributed by atoms with Gasteiger partial charge in [-0.2, -0.15) is 0 Å². The van der Waals surface area contributed by atoms with Crippen LogP contribution >= 0.6 is 0 Å². The fourth-order valence-electron chi connectivity index (χ4n) is 2.86. The van der Waals surface area contributed by atoms with Gasteiger partial charge in [0.2, 0.25) is 5.76 Å². The second-order valence-electron chi connectivity index (χ2n) is 5.29. The summed E-state index contributed by atoms with van der Waals surface area (Å²) in [4.78, 5) is 12.3. The van der Waals surface area contributed by atoms with Crippen molar-refractivity contribution in [1.29, 1.82) is 0 Å². The van der Waals surface area contributed by atoms with Crippen LogP contribution in [0, 0.1) is 6.92 Å². The summed E-state index contributed by atoms with van der Waals surface area (Å²) in [7, 11) is 0. The van der Waals surface area contributed by atoms with Crippen molar-refractivity contribution in [1.82, 2.24) is 5.16 Å². The van der Waals surface area contributed by atoms with E-state index in [-0.39, 0.29) is 5.76 Å². The lowest BCUT2D eigenvalue weighted by atomic mass is 10.1. The van der Waals surface area contributed by atoms with E-state index in [1.54, 1.807) is 13.0 Å². The Morgan fingerprint density at radius 2 is 1.64 bits per heavy atom. The standard InChI is InChI=1S/C18H13NO3/c1-11-10-16(22-19-11)18(20)21-17-14-8-4-2-6-12(14)13-7-3-5-9-15(13)17/h2-10,17H,1H3. The molecule has 0 aliphatic heterocycles. The average Bonchev–Trinajstić information content (AvgIpc) is 3.11. The van der Waals surface area contributed by atoms with Gasteiger partial charge in [0.25, 0.3) is 0 Å². The Kier molecular flexibility index (Phi) is 2.82. The summed E-state index contributed by atoms with van der Waals surface area (Å²) in [6.45, 7) is 1.76. The number of ether oxygens (including phenoxy) is 1. The monoisotopic (exact) mass is 291 g/mol. The Hall–Kier alpha value is -2.88. The fourth-order valence-corrected chi connectivity index (χ4v) is 2.86. The molecule has 0 atom stereocenters. The minimum atomic E-state index is -0.503. The molecule has 0 bridgehead atoms. The lowest BCUT2D eigenvalue weighted by molar-refractivity contribution is 0.0339. The molecule has 3 aromatic rings. The van der Waals surface area contributed by atoms with Crippen LogP contribution in [0.1, 0.15) is 33.5 Å². The van der Waals surface area contributed by atoms with Crippen LogP contribution in [0.5, 0.6) is 0 Å². The van der Waals surface area contributed by atoms with Crippen molar-refractivity contribution in [3.8, 4) is 11.1 Å². The van der Waals surface area contributed by atoms with Gasteiger partial charge in [0.05, 0.1) is 5.69 Å². The van der Waals surface area contributed by atoms with Crippen molar-refractivity contribution in [2.45, 2.75) is 13.0 Å². The fraction of sp³-hybridized carbons (Fsp3) is 0.111. The molecule has 2 aromatic carbocycles. The van der Waals surface area contributed by atoms with E-state index < -0.39 is 12.1 Å². The molecule has 1 aromatic heterocycles. The van der Waals surface area contributed by atoms with E-state index in [2.05, 4.69) is 5.16 Å². The molecule has 4 rings (SSSR count). The summed E-state index contributed by atoms with van der Waals surface area (Å²) in [6, 6.07) is 17.5. The van der Waals surface area contributed by atoms with Crippen LogP contribution < -0.4 is 0 Å². The SMILES string of the molecule is Cc1cc(C(=O)OC2c3ccccc3-c3ccccc32)on1. The van der Waals surface area contributed by atoms with E-state index in [0.717, 1.165) is 22.3 Å². The number of esters is 1. The summed E-state index contributed by atoms with van der Waals surface area (Å²) < 4.78 is 10.7. The first kappa shape index (κ1) is 12.8. The molecule has 108 valence electrons. The van der Waals surface area contributed by atoms with E-state index >= 15 is 0 Å². The molecule has 0 saturated heterocycles. The zero-order valence-electron chi connectivity index (χ0n) is 11.9. The van der Waals surface area contributed by atoms with E-state index in [1.807, 2.05) is 48.5 Å². The van der Waals surface area contributed by atoms with Gasteiger partial charge in [-0.15, -0.1) is 0 Å². The number of aryl methyl sites for hydroxylation is 1. The number of hydrogen-bond acceptors (Lipinski definition) is 4. The van der Waals surface area contributed by atoms with Crippen molar-refractivity contribution in [2.75, 3.05) is 0 Å². The number of nitrogens with zero attached hydrogens (tertiary/aromatic N) is 1. The second kappa shape index (κ2) is 4.84. The van der Waals surface area contributed by atoms with Gasteiger partial charge in [-0.1, -0.05) is 53.7 Å². The molecule has 0 unspecified atom stereocenters. The zero-order chi connectivity index (χ0) is 15.1. The smallest absolute Gasteiger partial charge is 0.378 e. The maximum absolute atomic E-state index is 12.3. The van der Waals surface area contributed by atoms with E-state index in [0.29, 0.717) is 5.69 Å². The van der Waals surface area contributed by atoms with E-state index in [1.165, 1.54) is 0 Å². The molecule has 4 heteroatoms. The molecule has 0 saturated carbocycles. The van der Waals surface area contributed by atoms with Gasteiger partial charge >= 0.3 is 5.97 Å². The van der Waals surface area contributed by atoms with Crippen LogP contribution in [-0.4, -0.2) is 11.1 Å². The lowest BCUT2D eigenvalue weighted by Crippen LogP contribution is -2.10. The topological polar surface area (TPSA) is 52.3 Å². The molecular weight excluding hydrogens is 278 g/mol. The maximum Gasteiger partial charge on any atom is 0.378 e. The van der Waals surface area contributed by atoms with Gasteiger partial charge < -0.3 is 9.26 Å². The average molecular weight is 291 g/mol. The summed E-state index contributed by atoms with van der Waals surface area (Å²) in [5.41, 5.74) is 4.84. The molecule has 0 radical (unpaired) electrons. The Labute approximate surface area is 127 Å². The number of hydrogen-bond donors (Lipinski definition) is 0. The van der Waals surface area contributed by atoms with E-state index in [9.17, 15) is 4.79 Å². The quantitative estimate of drug-likeness (QED) is 0.672. The largest absolute Gasteiger partial charge is 0.447 e. The third kappa shape index (κ3) is 1.92. The van der Waals surface area contributed by atoms with Crippen LogP contribution in [0.3, 0.4) is 0 Å². The van der Waals surface area contributed by atoms with Gasteiger partial charge in [0, 0.05) is 17.2 Å². The first-order chi connectivity index (χ1) is 10.7. The molecule has 0 spiro atoms. The highest BCUT2D eigenvalue weighted by molar-refractivity contribution is 5.88.